The third kappa shape index (κ3) is 5.87. The molecule has 63 heavy (non-hydrogen) atoms. The molecule has 12 aromatic rings. The van der Waals surface area contributed by atoms with Gasteiger partial charge in [-0.15, -0.1) is 0 Å². The van der Waals surface area contributed by atoms with Gasteiger partial charge in [0.15, 0.2) is 19.7 Å². The van der Waals surface area contributed by atoms with Gasteiger partial charge in [0.25, 0.3) is 0 Å². The van der Waals surface area contributed by atoms with E-state index in [1.165, 1.54) is 0 Å². The molecule has 0 spiro atoms. The van der Waals surface area contributed by atoms with E-state index in [0.29, 0.717) is 27.5 Å². The zero-order chi connectivity index (χ0) is 62.6. The van der Waals surface area contributed by atoms with Crippen LogP contribution >= 0.6 is 0 Å². The van der Waals surface area contributed by atoms with E-state index in [-0.39, 0.29) is 0 Å². The van der Waals surface area contributed by atoms with Crippen molar-refractivity contribution in [3.05, 3.63) is 236 Å². The van der Waals surface area contributed by atoms with E-state index in [2.05, 4.69) is 4.98 Å². The number of aromatic nitrogens is 5. The van der Waals surface area contributed by atoms with Crippen molar-refractivity contribution in [1.82, 2.24) is 24.1 Å². The Morgan fingerprint density at radius 2 is 0.794 bits per heavy atom. The smallest absolute Gasteiger partial charge is 0.238 e. The van der Waals surface area contributed by atoms with Crippen LogP contribution in [0.2, 0.25) is 0 Å². The van der Waals surface area contributed by atoms with Crippen LogP contribution in [-0.4, -0.2) is 32.2 Å². The molecule has 0 aliphatic rings. The molecule has 0 saturated heterocycles. The lowest BCUT2D eigenvalue weighted by Gasteiger charge is -2.34. The van der Waals surface area contributed by atoms with E-state index in [4.69, 9.17) is 26.4 Å². The Morgan fingerprint density at radius 3 is 1.35 bits per heavy atom. The van der Waals surface area contributed by atoms with Crippen molar-refractivity contribution in [1.29, 1.82) is 0 Å². The molecule has 0 saturated carbocycles. The number of nitrogens with zero attached hydrogens (tertiary/aromatic N) is 5. The monoisotopic (exact) mass is 845 g/mol. The Balaban J connectivity index is 1.33. The van der Waals surface area contributed by atoms with Crippen molar-refractivity contribution >= 4 is 72.4 Å². The van der Waals surface area contributed by atoms with Crippen LogP contribution in [0, 0.1) is 0 Å². The zero-order valence-corrected chi connectivity index (χ0v) is 33.4. The molecule has 0 fully saturated rings. The van der Waals surface area contributed by atoms with Gasteiger partial charge in [-0.25, -0.2) is 4.98 Å². The van der Waals surface area contributed by atoms with Crippen LogP contribution < -0.4 is 20.7 Å². The highest BCUT2D eigenvalue weighted by Crippen LogP contribution is 2.39. The molecule has 0 N–H and O–H groups in total. The molecule has 0 aliphatic carbocycles. The SMILES string of the molecule is [2H]c1c([2H])c([2H])c(-c2nc(-c3c([2H])c([2H])c([2H])c([Si](c4c([2H])c([2H])c([2H])c([2H])c4[2H])(c4c([2H])c([2H])c([2H])c([2H])c4[2H])c4c([2H])c([2H])c([2H])c([2H])c4[2H])c3[2H])nc(-n3c4ccccc4c4cccc(-n5c6ccccc6c6ccccc65)c43)n2)c([2H])c1[2H]. The third-order valence-corrected chi connectivity index (χ3v) is 14.9. The largest absolute Gasteiger partial charge is 0.307 e. The normalized spacial score (nSPS) is 17.1. The molecule has 0 unspecified atom stereocenters. The van der Waals surface area contributed by atoms with Gasteiger partial charge >= 0.3 is 0 Å². The van der Waals surface area contributed by atoms with Crippen molar-refractivity contribution in [2.24, 2.45) is 0 Å². The highest BCUT2D eigenvalue weighted by molar-refractivity contribution is 7.19. The number of rotatable bonds is 8. The Hall–Kier alpha value is -8.19. The average molecular weight is 846 g/mol. The second-order valence-electron chi connectivity index (χ2n) is 14.2. The molecule has 5 nitrogen and oxygen atoms in total. The number of hydrogen-bond donors (Lipinski definition) is 0. The van der Waals surface area contributed by atoms with Crippen molar-refractivity contribution in [2.45, 2.75) is 0 Å². The maximum atomic E-state index is 10.6. The van der Waals surface area contributed by atoms with Crippen molar-refractivity contribution in [3.8, 4) is 34.4 Å². The summed E-state index contributed by atoms with van der Waals surface area (Å²) in [6, 6.07) is 1.82. The summed E-state index contributed by atoms with van der Waals surface area (Å²) in [6.45, 7) is 0. The van der Waals surface area contributed by atoms with Gasteiger partial charge in [-0.3, -0.25) is 4.57 Å². The first kappa shape index (κ1) is 19.7. The lowest BCUT2D eigenvalue weighted by Crippen LogP contribution is -2.74. The van der Waals surface area contributed by atoms with Gasteiger partial charge in [0.05, 0.1) is 60.7 Å². The van der Waals surface area contributed by atoms with Gasteiger partial charge in [0.2, 0.25) is 5.95 Å². The number of hydrogen-bond acceptors (Lipinski definition) is 3. The Morgan fingerprint density at radius 1 is 0.365 bits per heavy atom. The first-order chi connectivity index (χ1) is 41.2. The molecule has 0 aliphatic heterocycles. The molecule has 0 bridgehead atoms. The van der Waals surface area contributed by atoms with Crippen LogP contribution in [-0.2, 0) is 0 Å². The highest BCUT2D eigenvalue weighted by atomic mass is 28.3. The predicted molar refractivity (Wildman–Crippen MR) is 263 cm³/mol. The minimum atomic E-state index is -6.35. The van der Waals surface area contributed by atoms with Crippen LogP contribution in [0.15, 0.2) is 236 Å². The fourth-order valence-electron chi connectivity index (χ4n) is 8.33. The predicted octanol–water partition coefficient (Wildman–Crippen LogP) is 10.8. The first-order valence-corrected chi connectivity index (χ1v) is 21.4. The van der Waals surface area contributed by atoms with Gasteiger partial charge in [-0.2, -0.15) is 9.97 Å². The van der Waals surface area contributed by atoms with Crippen molar-refractivity contribution in [3.63, 3.8) is 0 Å². The molecule has 3 aromatic heterocycles. The lowest BCUT2D eigenvalue weighted by atomic mass is 10.1. The number of fused-ring (bicyclic) bond motifs is 6. The molecule has 0 atom stereocenters. The minimum absolute atomic E-state index is 0.403. The van der Waals surface area contributed by atoms with E-state index in [9.17, 15) is 16.4 Å². The molecular formula is C57H39N5Si. The van der Waals surface area contributed by atoms with E-state index in [1.807, 2.05) is 77.4 Å². The maximum absolute atomic E-state index is 10.6. The van der Waals surface area contributed by atoms with Gasteiger partial charge in [-0.1, -0.05) is 212 Å². The van der Waals surface area contributed by atoms with Crippen LogP contribution in [0.5, 0.6) is 0 Å². The molecule has 0 amide bonds. The van der Waals surface area contributed by atoms with Gasteiger partial charge in [0.1, 0.15) is 0 Å². The summed E-state index contributed by atoms with van der Waals surface area (Å²) in [4.78, 5) is 14.4. The van der Waals surface area contributed by atoms with Crippen LogP contribution in [0.3, 0.4) is 0 Å². The molecule has 3 heterocycles. The van der Waals surface area contributed by atoms with Gasteiger partial charge in [0, 0.05) is 32.7 Å². The average Bonchev–Trinajstić information content (AvgIpc) is 1.30. The summed E-state index contributed by atoms with van der Waals surface area (Å²) < 4.78 is 226. The Kier molecular flexibility index (Phi) is 4.70. The number of para-hydroxylation sites is 4. The quantitative estimate of drug-likeness (QED) is 0.113. The number of benzene rings is 9. The van der Waals surface area contributed by atoms with Gasteiger partial charge < -0.3 is 4.57 Å². The Labute approximate surface area is 399 Å². The van der Waals surface area contributed by atoms with Crippen molar-refractivity contribution < 1.29 is 32.9 Å². The topological polar surface area (TPSA) is 48.5 Å². The van der Waals surface area contributed by atoms with Crippen LogP contribution in [0.4, 0.5) is 0 Å². The second kappa shape index (κ2) is 15.1. The first-order valence-electron chi connectivity index (χ1n) is 31.4. The fraction of sp³-hybridized carbons (Fsp3) is 0. The van der Waals surface area contributed by atoms with Crippen LogP contribution in [0.1, 0.15) is 32.9 Å². The maximum Gasteiger partial charge on any atom is 0.238 e. The molecule has 6 heteroatoms. The summed E-state index contributed by atoms with van der Waals surface area (Å²) in [5.74, 6) is -1.91. The zero-order valence-electron chi connectivity index (χ0n) is 56.4. The molecule has 296 valence electrons. The summed E-state index contributed by atoms with van der Waals surface area (Å²) in [5, 5.41) is -1.31. The standard InChI is InChI=1S/C57H39N5Si/c1-5-21-40(22-6-1)55-58-56(41-23-19-30-45(39-41)63(42-24-7-2-8-25-42,43-26-9-3-10-27-43)44-28-11-4-12-29-44)60-57(59-55)62-52-37-18-15-33-48(52)49-34-20-38-53(54(49)62)61-50-35-16-13-31-46(50)47-32-14-17-36-51(47)61/h1-39H/i1D,2D,3D,4D,5D,6D,7D,8D,9D,10D,11D,12D,19D,21D,22D,23D,24D,25D,26D,27D,28D,29D,30D,39D. The van der Waals surface area contributed by atoms with E-state index in [1.54, 1.807) is 22.8 Å². The molecule has 9 aromatic carbocycles. The van der Waals surface area contributed by atoms with E-state index >= 15 is 0 Å². The van der Waals surface area contributed by atoms with Crippen LogP contribution in [0.25, 0.3) is 78.0 Å². The molecular weight excluding hydrogens is 783 g/mol. The summed E-state index contributed by atoms with van der Waals surface area (Å²) in [6.07, 6.45) is 0. The molecule has 0 radical (unpaired) electrons. The van der Waals surface area contributed by atoms with E-state index in [0.717, 1.165) is 21.8 Å². The lowest BCUT2D eigenvalue weighted by molar-refractivity contribution is 0.950. The molecule has 12 rings (SSSR count). The summed E-state index contributed by atoms with van der Waals surface area (Å²) in [5.41, 5.74) is 1.36. The van der Waals surface area contributed by atoms with E-state index < -0.39 is 203 Å². The minimum Gasteiger partial charge on any atom is -0.307 e. The fourth-order valence-corrected chi connectivity index (χ4v) is 11.9. The summed E-state index contributed by atoms with van der Waals surface area (Å²) in [7, 11) is -6.35. The van der Waals surface area contributed by atoms with Crippen molar-refractivity contribution in [2.75, 3.05) is 0 Å². The van der Waals surface area contributed by atoms with Gasteiger partial charge in [-0.05, 0) is 45.0 Å². The highest BCUT2D eigenvalue weighted by Gasteiger charge is 2.41. The Bertz CT molecular complexity index is 4750. The summed E-state index contributed by atoms with van der Waals surface area (Å²) >= 11 is 0. The second-order valence-corrected chi connectivity index (χ2v) is 17.7. The third-order valence-electron chi connectivity index (χ3n) is 10.9.